The second-order valence-corrected chi connectivity index (χ2v) is 5.89. The zero-order valence-corrected chi connectivity index (χ0v) is 13.9. The van der Waals surface area contributed by atoms with Crippen molar-refractivity contribution >= 4 is 28.5 Å². The number of carbonyl (C=O) groups excluding carboxylic acids is 1. The second kappa shape index (κ2) is 6.47. The topological polar surface area (TPSA) is 42.1 Å². The molecule has 1 N–H and O–H groups in total. The molecule has 3 aromatic rings. The number of hydrogen-bond donors (Lipinski definition) is 1. The van der Waals surface area contributed by atoms with E-state index < -0.39 is 0 Å². The number of carbonyl (C=O) groups is 1. The SMILES string of the molecule is CCOC(=O)c1[nH]c2cc(Cl)ccc2c1C(C)c1ccccc1. The summed E-state index contributed by atoms with van der Waals surface area (Å²) in [5, 5.41) is 1.63. The lowest BCUT2D eigenvalue weighted by Crippen LogP contribution is -2.10. The van der Waals surface area contributed by atoms with Crippen LogP contribution in [0.1, 0.15) is 41.4 Å². The Balaban J connectivity index is 2.20. The van der Waals surface area contributed by atoms with Crippen LogP contribution in [0.15, 0.2) is 48.5 Å². The van der Waals surface area contributed by atoms with Gasteiger partial charge in [0.2, 0.25) is 0 Å². The average molecular weight is 328 g/mol. The lowest BCUT2D eigenvalue weighted by molar-refractivity contribution is 0.0519. The van der Waals surface area contributed by atoms with Crippen molar-refractivity contribution in [1.29, 1.82) is 0 Å². The monoisotopic (exact) mass is 327 g/mol. The van der Waals surface area contributed by atoms with Gasteiger partial charge in [-0.1, -0.05) is 54.9 Å². The van der Waals surface area contributed by atoms with Crippen LogP contribution in [0.2, 0.25) is 5.02 Å². The minimum atomic E-state index is -0.336. The fraction of sp³-hybridized carbons (Fsp3) is 0.211. The predicted octanol–water partition coefficient (Wildman–Crippen LogP) is 5.15. The molecule has 0 saturated carbocycles. The Morgan fingerprint density at radius 3 is 2.65 bits per heavy atom. The first-order valence-electron chi connectivity index (χ1n) is 7.65. The number of H-pyrrole nitrogens is 1. The van der Waals surface area contributed by atoms with Crippen molar-refractivity contribution in [3.63, 3.8) is 0 Å². The van der Waals surface area contributed by atoms with Crippen molar-refractivity contribution in [2.45, 2.75) is 19.8 Å². The quantitative estimate of drug-likeness (QED) is 0.673. The van der Waals surface area contributed by atoms with E-state index in [4.69, 9.17) is 16.3 Å². The summed E-state index contributed by atoms with van der Waals surface area (Å²) in [7, 11) is 0. The fourth-order valence-corrected chi connectivity index (χ4v) is 3.09. The van der Waals surface area contributed by atoms with Crippen LogP contribution >= 0.6 is 11.6 Å². The first-order valence-corrected chi connectivity index (χ1v) is 8.02. The third-order valence-electron chi connectivity index (χ3n) is 4.01. The maximum atomic E-state index is 12.4. The van der Waals surface area contributed by atoms with Crippen molar-refractivity contribution in [1.82, 2.24) is 4.98 Å². The molecule has 0 bridgehead atoms. The fourth-order valence-electron chi connectivity index (χ4n) is 2.91. The van der Waals surface area contributed by atoms with Crippen LogP contribution in [0.25, 0.3) is 10.9 Å². The van der Waals surface area contributed by atoms with Crippen LogP contribution in [-0.2, 0) is 4.74 Å². The highest BCUT2D eigenvalue weighted by molar-refractivity contribution is 6.31. The van der Waals surface area contributed by atoms with Crippen LogP contribution in [0, 0.1) is 0 Å². The van der Waals surface area contributed by atoms with E-state index >= 15 is 0 Å². The lowest BCUT2D eigenvalue weighted by atomic mass is 9.91. The minimum absolute atomic E-state index is 0.0607. The number of nitrogens with one attached hydrogen (secondary N) is 1. The summed E-state index contributed by atoms with van der Waals surface area (Å²) in [4.78, 5) is 15.6. The van der Waals surface area contributed by atoms with Gasteiger partial charge in [-0.2, -0.15) is 0 Å². The number of esters is 1. The van der Waals surface area contributed by atoms with Gasteiger partial charge in [-0.3, -0.25) is 0 Å². The summed E-state index contributed by atoms with van der Waals surface area (Å²) in [6, 6.07) is 15.7. The van der Waals surface area contributed by atoms with Gasteiger partial charge in [-0.25, -0.2) is 4.79 Å². The summed E-state index contributed by atoms with van der Waals surface area (Å²) < 4.78 is 5.21. The van der Waals surface area contributed by atoms with E-state index in [0.717, 1.165) is 22.0 Å². The van der Waals surface area contributed by atoms with Crippen molar-refractivity contribution in [3.05, 3.63) is 70.4 Å². The van der Waals surface area contributed by atoms with Gasteiger partial charge in [0, 0.05) is 21.8 Å². The Kier molecular flexibility index (Phi) is 4.39. The van der Waals surface area contributed by atoms with Gasteiger partial charge in [-0.05, 0) is 30.2 Å². The molecule has 0 aliphatic carbocycles. The minimum Gasteiger partial charge on any atom is -0.461 e. The van der Waals surface area contributed by atoms with Gasteiger partial charge in [0.25, 0.3) is 0 Å². The molecular formula is C19H18ClNO2. The van der Waals surface area contributed by atoms with E-state index in [1.807, 2.05) is 36.4 Å². The number of ether oxygens (including phenoxy) is 1. The van der Waals surface area contributed by atoms with Crippen LogP contribution in [0.3, 0.4) is 0 Å². The Morgan fingerprint density at radius 1 is 1.22 bits per heavy atom. The molecule has 0 radical (unpaired) electrons. The molecule has 4 heteroatoms. The Labute approximate surface area is 140 Å². The highest BCUT2D eigenvalue weighted by Crippen LogP contribution is 2.35. The maximum Gasteiger partial charge on any atom is 0.355 e. The van der Waals surface area contributed by atoms with E-state index in [2.05, 4.69) is 24.0 Å². The van der Waals surface area contributed by atoms with Gasteiger partial charge >= 0.3 is 5.97 Å². The molecule has 0 fully saturated rings. The highest BCUT2D eigenvalue weighted by atomic mass is 35.5. The number of aromatic amines is 1. The van der Waals surface area contributed by atoms with E-state index in [-0.39, 0.29) is 11.9 Å². The molecule has 0 amide bonds. The smallest absolute Gasteiger partial charge is 0.355 e. The average Bonchev–Trinajstić information content (AvgIpc) is 2.93. The molecule has 1 unspecified atom stereocenters. The largest absolute Gasteiger partial charge is 0.461 e. The molecule has 1 aromatic heterocycles. The molecule has 118 valence electrons. The maximum absolute atomic E-state index is 12.4. The third-order valence-corrected chi connectivity index (χ3v) is 4.25. The van der Waals surface area contributed by atoms with E-state index in [1.54, 1.807) is 6.92 Å². The normalized spacial score (nSPS) is 12.3. The summed E-state index contributed by atoms with van der Waals surface area (Å²) in [6.07, 6.45) is 0. The van der Waals surface area contributed by atoms with Crippen molar-refractivity contribution in [2.24, 2.45) is 0 Å². The van der Waals surface area contributed by atoms with E-state index in [9.17, 15) is 4.79 Å². The third kappa shape index (κ3) is 2.97. The van der Waals surface area contributed by atoms with Crippen LogP contribution in [0.5, 0.6) is 0 Å². The van der Waals surface area contributed by atoms with Crippen molar-refractivity contribution in [2.75, 3.05) is 6.61 Å². The number of hydrogen-bond acceptors (Lipinski definition) is 2. The lowest BCUT2D eigenvalue weighted by Gasteiger charge is -2.13. The summed E-state index contributed by atoms with van der Waals surface area (Å²) in [5.74, 6) is -0.275. The van der Waals surface area contributed by atoms with Gasteiger partial charge in [0.1, 0.15) is 5.69 Å². The first-order chi connectivity index (χ1) is 11.1. The first kappa shape index (κ1) is 15.6. The number of benzene rings is 2. The van der Waals surface area contributed by atoms with Gasteiger partial charge in [0.15, 0.2) is 0 Å². The van der Waals surface area contributed by atoms with Gasteiger partial charge < -0.3 is 9.72 Å². The molecule has 1 heterocycles. The van der Waals surface area contributed by atoms with Gasteiger partial charge in [0.05, 0.1) is 6.61 Å². The number of fused-ring (bicyclic) bond motifs is 1. The summed E-state index contributed by atoms with van der Waals surface area (Å²) in [6.45, 7) is 4.24. The zero-order valence-electron chi connectivity index (χ0n) is 13.1. The number of aromatic nitrogens is 1. The van der Waals surface area contributed by atoms with Gasteiger partial charge in [-0.15, -0.1) is 0 Å². The standard InChI is InChI=1S/C19H18ClNO2/c1-3-23-19(22)18-17(12(2)13-7-5-4-6-8-13)15-10-9-14(20)11-16(15)21-18/h4-12,21H,3H2,1-2H3. The molecule has 2 aromatic carbocycles. The molecule has 0 aliphatic heterocycles. The molecular weight excluding hydrogens is 310 g/mol. The molecule has 0 aliphatic rings. The summed E-state index contributed by atoms with van der Waals surface area (Å²) >= 11 is 6.08. The molecule has 1 atom stereocenters. The van der Waals surface area contributed by atoms with Crippen LogP contribution in [0.4, 0.5) is 0 Å². The second-order valence-electron chi connectivity index (χ2n) is 5.46. The molecule has 23 heavy (non-hydrogen) atoms. The van der Waals surface area contributed by atoms with E-state index in [1.165, 1.54) is 0 Å². The van der Waals surface area contributed by atoms with Crippen LogP contribution < -0.4 is 0 Å². The molecule has 0 saturated heterocycles. The molecule has 3 rings (SSSR count). The number of rotatable bonds is 4. The summed E-state index contributed by atoms with van der Waals surface area (Å²) in [5.41, 5.74) is 3.44. The van der Waals surface area contributed by atoms with Crippen molar-refractivity contribution < 1.29 is 9.53 Å². The Hall–Kier alpha value is -2.26. The zero-order chi connectivity index (χ0) is 16.4. The Bertz CT molecular complexity index is 839. The van der Waals surface area contributed by atoms with Crippen LogP contribution in [-0.4, -0.2) is 17.6 Å². The molecule has 3 nitrogen and oxygen atoms in total. The predicted molar refractivity (Wildman–Crippen MR) is 93.2 cm³/mol. The van der Waals surface area contributed by atoms with Crippen molar-refractivity contribution in [3.8, 4) is 0 Å². The van der Waals surface area contributed by atoms with E-state index in [0.29, 0.717) is 17.3 Å². The number of halogens is 1. The molecule has 0 spiro atoms. The Morgan fingerprint density at radius 2 is 1.96 bits per heavy atom. The highest BCUT2D eigenvalue weighted by Gasteiger charge is 2.24.